The molecule has 2 unspecified atom stereocenters. The average molecular weight is 186 g/mol. The Bertz CT molecular complexity index is 193. The minimum Gasteiger partial charge on any atom is -0.373 e. The van der Waals surface area contributed by atoms with E-state index in [1.54, 1.807) is 6.92 Å². The second kappa shape index (κ2) is 3.76. The van der Waals surface area contributed by atoms with Crippen LogP contribution in [-0.4, -0.2) is 30.2 Å². The zero-order valence-corrected chi connectivity index (χ0v) is 8.79. The van der Waals surface area contributed by atoms with Crippen molar-refractivity contribution in [2.24, 2.45) is 0 Å². The summed E-state index contributed by atoms with van der Waals surface area (Å²) in [5, 5.41) is 0. The van der Waals surface area contributed by atoms with Gasteiger partial charge in [0.05, 0.1) is 18.3 Å². The SMILES string of the molecule is CC1OC(COC(C)(C)C)CC1=O. The molecule has 0 aliphatic carbocycles. The summed E-state index contributed by atoms with van der Waals surface area (Å²) in [5.74, 6) is 0.183. The van der Waals surface area contributed by atoms with E-state index in [-0.39, 0.29) is 23.6 Å². The fraction of sp³-hybridized carbons (Fsp3) is 0.900. The Hall–Kier alpha value is -0.410. The molecule has 0 saturated carbocycles. The van der Waals surface area contributed by atoms with Crippen LogP contribution < -0.4 is 0 Å². The van der Waals surface area contributed by atoms with E-state index < -0.39 is 0 Å². The fourth-order valence-corrected chi connectivity index (χ4v) is 1.24. The number of carbonyl (C=O) groups excluding carboxylic acids is 1. The summed E-state index contributed by atoms with van der Waals surface area (Å²) in [7, 11) is 0. The quantitative estimate of drug-likeness (QED) is 0.656. The lowest BCUT2D eigenvalue weighted by molar-refractivity contribution is -0.122. The molecule has 76 valence electrons. The molecule has 2 atom stereocenters. The number of rotatable bonds is 2. The van der Waals surface area contributed by atoms with Gasteiger partial charge in [0.25, 0.3) is 0 Å². The second-order valence-corrected chi connectivity index (χ2v) is 4.49. The van der Waals surface area contributed by atoms with Crippen LogP contribution in [-0.2, 0) is 14.3 Å². The van der Waals surface area contributed by atoms with E-state index in [1.807, 2.05) is 20.8 Å². The van der Waals surface area contributed by atoms with Crippen molar-refractivity contribution in [1.29, 1.82) is 0 Å². The van der Waals surface area contributed by atoms with Crippen LogP contribution in [0.3, 0.4) is 0 Å². The maximum absolute atomic E-state index is 11.1. The van der Waals surface area contributed by atoms with Gasteiger partial charge in [-0.3, -0.25) is 4.79 Å². The van der Waals surface area contributed by atoms with Gasteiger partial charge >= 0.3 is 0 Å². The van der Waals surface area contributed by atoms with Crippen molar-refractivity contribution in [3.63, 3.8) is 0 Å². The predicted molar refractivity (Wildman–Crippen MR) is 49.7 cm³/mol. The Balaban J connectivity index is 2.29. The van der Waals surface area contributed by atoms with Crippen molar-refractivity contribution >= 4 is 5.78 Å². The summed E-state index contributed by atoms with van der Waals surface area (Å²) in [5.41, 5.74) is -0.155. The zero-order chi connectivity index (χ0) is 10.1. The lowest BCUT2D eigenvalue weighted by Crippen LogP contribution is -2.26. The maximum Gasteiger partial charge on any atom is 0.163 e. The van der Waals surface area contributed by atoms with Crippen molar-refractivity contribution in [3.05, 3.63) is 0 Å². The van der Waals surface area contributed by atoms with Crippen molar-refractivity contribution < 1.29 is 14.3 Å². The molecule has 3 nitrogen and oxygen atoms in total. The maximum atomic E-state index is 11.1. The third kappa shape index (κ3) is 3.44. The van der Waals surface area contributed by atoms with Gasteiger partial charge in [0.15, 0.2) is 5.78 Å². The first-order valence-corrected chi connectivity index (χ1v) is 4.70. The zero-order valence-electron chi connectivity index (χ0n) is 8.79. The molecule has 3 heteroatoms. The van der Waals surface area contributed by atoms with Gasteiger partial charge in [-0.1, -0.05) is 0 Å². The van der Waals surface area contributed by atoms with E-state index in [0.29, 0.717) is 13.0 Å². The molecule has 1 aliphatic heterocycles. The van der Waals surface area contributed by atoms with E-state index in [2.05, 4.69) is 0 Å². The molecule has 0 aromatic rings. The molecule has 0 amide bonds. The van der Waals surface area contributed by atoms with Gasteiger partial charge in [0, 0.05) is 6.42 Å². The lowest BCUT2D eigenvalue weighted by Gasteiger charge is -2.21. The number of Topliss-reactive ketones (excluding diaryl/α,β-unsaturated/α-hetero) is 1. The monoisotopic (exact) mass is 186 g/mol. The average Bonchev–Trinajstić information content (AvgIpc) is 2.27. The minimum absolute atomic E-state index is 0.0401. The van der Waals surface area contributed by atoms with Crippen molar-refractivity contribution in [1.82, 2.24) is 0 Å². The number of ketones is 1. The first kappa shape index (κ1) is 10.7. The van der Waals surface area contributed by atoms with Crippen LogP contribution in [0.1, 0.15) is 34.1 Å². The van der Waals surface area contributed by atoms with Crippen LogP contribution in [0.2, 0.25) is 0 Å². The predicted octanol–water partition coefficient (Wildman–Crippen LogP) is 1.55. The molecule has 1 fully saturated rings. The molecule has 13 heavy (non-hydrogen) atoms. The topological polar surface area (TPSA) is 35.5 Å². The molecule has 0 radical (unpaired) electrons. The smallest absolute Gasteiger partial charge is 0.163 e. The van der Waals surface area contributed by atoms with Gasteiger partial charge in [-0.25, -0.2) is 0 Å². The Morgan fingerprint density at radius 2 is 2.15 bits per heavy atom. The van der Waals surface area contributed by atoms with E-state index >= 15 is 0 Å². The number of carbonyl (C=O) groups is 1. The third-order valence-corrected chi connectivity index (χ3v) is 1.98. The van der Waals surface area contributed by atoms with Crippen LogP contribution in [0.25, 0.3) is 0 Å². The number of hydrogen-bond donors (Lipinski definition) is 0. The molecule has 1 rings (SSSR count). The molecule has 0 bridgehead atoms. The van der Waals surface area contributed by atoms with E-state index in [1.165, 1.54) is 0 Å². The van der Waals surface area contributed by atoms with Crippen molar-refractivity contribution in [2.45, 2.75) is 51.9 Å². The van der Waals surface area contributed by atoms with Crippen LogP contribution in [0.15, 0.2) is 0 Å². The van der Waals surface area contributed by atoms with Crippen LogP contribution in [0.4, 0.5) is 0 Å². The summed E-state index contributed by atoms with van der Waals surface area (Å²) in [6.45, 7) is 8.28. The molecule has 0 aromatic heterocycles. The molecule has 0 N–H and O–H groups in total. The molecule has 1 heterocycles. The Morgan fingerprint density at radius 3 is 2.54 bits per heavy atom. The molecule has 1 aliphatic rings. The highest BCUT2D eigenvalue weighted by molar-refractivity contribution is 5.84. The fourth-order valence-electron chi connectivity index (χ4n) is 1.24. The van der Waals surface area contributed by atoms with Gasteiger partial charge in [0.1, 0.15) is 6.10 Å². The van der Waals surface area contributed by atoms with Crippen LogP contribution in [0, 0.1) is 0 Å². The molecule has 0 aromatic carbocycles. The lowest BCUT2D eigenvalue weighted by atomic mass is 10.1. The third-order valence-electron chi connectivity index (χ3n) is 1.98. The van der Waals surface area contributed by atoms with Gasteiger partial charge in [0.2, 0.25) is 0 Å². The number of ether oxygens (including phenoxy) is 2. The first-order valence-electron chi connectivity index (χ1n) is 4.70. The Morgan fingerprint density at radius 1 is 1.54 bits per heavy atom. The standard InChI is InChI=1S/C10H18O3/c1-7-9(11)5-8(13-7)6-12-10(2,3)4/h7-8H,5-6H2,1-4H3. The first-order chi connectivity index (χ1) is 5.88. The number of hydrogen-bond acceptors (Lipinski definition) is 3. The van der Waals surface area contributed by atoms with E-state index in [9.17, 15) is 4.79 Å². The molecular formula is C10H18O3. The largest absolute Gasteiger partial charge is 0.373 e. The highest BCUT2D eigenvalue weighted by Gasteiger charge is 2.30. The summed E-state index contributed by atoms with van der Waals surface area (Å²) >= 11 is 0. The van der Waals surface area contributed by atoms with Gasteiger partial charge in [-0.15, -0.1) is 0 Å². The van der Waals surface area contributed by atoms with Gasteiger partial charge in [-0.05, 0) is 27.7 Å². The summed E-state index contributed by atoms with van der Waals surface area (Å²) in [4.78, 5) is 11.1. The van der Waals surface area contributed by atoms with Crippen molar-refractivity contribution in [2.75, 3.05) is 6.61 Å². The normalized spacial score (nSPS) is 29.7. The molecular weight excluding hydrogens is 168 g/mol. The highest BCUT2D eigenvalue weighted by atomic mass is 16.6. The Labute approximate surface area is 79.4 Å². The van der Waals surface area contributed by atoms with Crippen LogP contribution >= 0.6 is 0 Å². The van der Waals surface area contributed by atoms with Crippen LogP contribution in [0.5, 0.6) is 0 Å². The summed E-state index contributed by atoms with van der Waals surface area (Å²) < 4.78 is 10.9. The van der Waals surface area contributed by atoms with Gasteiger partial charge in [-0.2, -0.15) is 0 Å². The molecule has 1 saturated heterocycles. The molecule has 0 spiro atoms. The van der Waals surface area contributed by atoms with Crippen molar-refractivity contribution in [3.8, 4) is 0 Å². The van der Waals surface area contributed by atoms with E-state index in [4.69, 9.17) is 9.47 Å². The Kier molecular flexibility index (Phi) is 3.09. The highest BCUT2D eigenvalue weighted by Crippen LogP contribution is 2.18. The minimum atomic E-state index is -0.242. The summed E-state index contributed by atoms with van der Waals surface area (Å²) in [6.07, 6.45) is 0.215. The van der Waals surface area contributed by atoms with Gasteiger partial charge < -0.3 is 9.47 Å². The second-order valence-electron chi connectivity index (χ2n) is 4.49. The summed E-state index contributed by atoms with van der Waals surface area (Å²) in [6, 6.07) is 0. The van der Waals surface area contributed by atoms with E-state index in [0.717, 1.165) is 0 Å².